The van der Waals surface area contributed by atoms with Gasteiger partial charge in [-0.25, -0.2) is 4.57 Å². The fourth-order valence-electron chi connectivity index (χ4n) is 8.07. The molecule has 0 aliphatic heterocycles. The van der Waals surface area contributed by atoms with E-state index in [2.05, 4.69) is 98.9 Å². The lowest BCUT2D eigenvalue weighted by Gasteiger charge is -2.24. The molecule has 0 fully saturated rings. The Hall–Kier alpha value is -2.81. The number of unbranched alkanes of at least 4 members (excludes halogenated alkanes) is 26. The third-order valence-electron chi connectivity index (χ3n) is 12.7. The van der Waals surface area contributed by atoms with Crippen LogP contribution in [0, 0.1) is 0 Å². The number of quaternary nitrogens is 1. The Bertz CT molecular complexity index is 1510. The summed E-state index contributed by atoms with van der Waals surface area (Å²) in [6.45, 7) is 4.32. The standard InChI is InChI=1S/C63H112NO8P/c1-6-8-10-12-14-16-18-20-22-24-26-27-28-29-30-31-32-33-34-35-36-37-38-40-42-44-46-48-50-52-54-56-63(66)72-61(60-71-73(67,68)70-58-57-64(3,4)5)59-69-62(65)55-53-51-49-47-45-43-41-39-25-23-21-19-17-15-13-11-9-7-2/h8,10,14,16,20,22-23,25-27,29-30,32-33,61H,6-7,9,11-13,15,17-19,21,24,28,31,34-60H2,1-5H3/p+1/b10-8-,16-14-,22-20-,25-23-,27-26-,30-29-,33-32-. The smallest absolute Gasteiger partial charge is 0.462 e. The summed E-state index contributed by atoms with van der Waals surface area (Å²) < 4.78 is 34.6. The number of hydrogen-bond donors (Lipinski definition) is 1. The number of likely N-dealkylation sites (N-methyl/N-ethyl adjacent to an activating group) is 1. The lowest BCUT2D eigenvalue weighted by Crippen LogP contribution is -2.37. The molecule has 0 rings (SSSR count). The zero-order valence-electron chi connectivity index (χ0n) is 47.9. The molecule has 0 aliphatic rings. The number of allylic oxidation sites excluding steroid dienone is 14. The predicted molar refractivity (Wildman–Crippen MR) is 312 cm³/mol. The Morgan fingerprint density at radius 2 is 0.781 bits per heavy atom. The molecule has 422 valence electrons. The maximum atomic E-state index is 12.8. The second-order valence-corrected chi connectivity index (χ2v) is 22.5. The quantitative estimate of drug-likeness (QED) is 0.0211. The molecule has 1 N–H and O–H groups in total. The molecule has 0 amide bonds. The van der Waals surface area contributed by atoms with Crippen LogP contribution in [0.25, 0.3) is 0 Å². The zero-order valence-corrected chi connectivity index (χ0v) is 48.7. The third-order valence-corrected chi connectivity index (χ3v) is 13.6. The van der Waals surface area contributed by atoms with Gasteiger partial charge in [0.2, 0.25) is 0 Å². The molecule has 0 saturated carbocycles. The minimum absolute atomic E-state index is 0.0281. The van der Waals surface area contributed by atoms with E-state index in [1.54, 1.807) is 0 Å². The average molecular weight is 1040 g/mol. The van der Waals surface area contributed by atoms with Gasteiger partial charge in [-0.15, -0.1) is 0 Å². The molecular weight excluding hydrogens is 930 g/mol. The first-order chi connectivity index (χ1) is 35.5. The minimum atomic E-state index is -4.39. The van der Waals surface area contributed by atoms with Crippen molar-refractivity contribution in [3.63, 3.8) is 0 Å². The number of hydrogen-bond acceptors (Lipinski definition) is 7. The van der Waals surface area contributed by atoms with Gasteiger partial charge >= 0.3 is 19.8 Å². The van der Waals surface area contributed by atoms with Crippen LogP contribution in [0.1, 0.15) is 251 Å². The van der Waals surface area contributed by atoms with Gasteiger partial charge in [0.05, 0.1) is 27.7 Å². The van der Waals surface area contributed by atoms with Crippen molar-refractivity contribution in [2.24, 2.45) is 0 Å². The molecule has 0 aromatic heterocycles. The van der Waals surface area contributed by atoms with E-state index in [1.807, 2.05) is 21.1 Å². The summed E-state index contributed by atoms with van der Waals surface area (Å²) in [6.07, 6.45) is 72.2. The highest BCUT2D eigenvalue weighted by atomic mass is 31.2. The number of phosphoric acid groups is 1. The molecular formula is C63H113NO8P+. The first kappa shape index (κ1) is 70.2. The normalized spacial score (nSPS) is 13.9. The Morgan fingerprint density at radius 1 is 0.438 bits per heavy atom. The van der Waals surface area contributed by atoms with Gasteiger partial charge in [0, 0.05) is 12.8 Å². The summed E-state index contributed by atoms with van der Waals surface area (Å²) in [5.74, 6) is -0.802. The van der Waals surface area contributed by atoms with E-state index in [-0.39, 0.29) is 32.0 Å². The SMILES string of the molecule is CC/C=C\C/C=C\C/C=C\C/C=C\C/C=C\C/C=C\CCCCCCCCCCCCCCC(=O)OC(COC(=O)CCCCCCCCC/C=C\CCCCCCCCC)COP(=O)(O)OCC[N+](C)(C)C. The Balaban J connectivity index is 4.14. The molecule has 10 heteroatoms. The fourth-order valence-corrected chi connectivity index (χ4v) is 8.81. The van der Waals surface area contributed by atoms with Crippen LogP contribution in [-0.2, 0) is 32.7 Å². The number of carbonyl (C=O) groups is 2. The van der Waals surface area contributed by atoms with Crippen LogP contribution < -0.4 is 0 Å². The van der Waals surface area contributed by atoms with E-state index in [0.717, 1.165) is 77.0 Å². The highest BCUT2D eigenvalue weighted by Gasteiger charge is 2.27. The first-order valence-electron chi connectivity index (χ1n) is 29.8. The van der Waals surface area contributed by atoms with Crippen molar-refractivity contribution in [2.75, 3.05) is 47.5 Å². The maximum Gasteiger partial charge on any atom is 0.472 e. The summed E-state index contributed by atoms with van der Waals surface area (Å²) in [5, 5.41) is 0. The fraction of sp³-hybridized carbons (Fsp3) is 0.746. The van der Waals surface area contributed by atoms with E-state index >= 15 is 0 Å². The van der Waals surface area contributed by atoms with E-state index < -0.39 is 26.5 Å². The second kappa shape index (κ2) is 54.0. The second-order valence-electron chi connectivity index (χ2n) is 21.0. The van der Waals surface area contributed by atoms with E-state index in [9.17, 15) is 19.0 Å². The summed E-state index contributed by atoms with van der Waals surface area (Å²) in [4.78, 5) is 35.7. The van der Waals surface area contributed by atoms with E-state index in [1.165, 1.54) is 141 Å². The van der Waals surface area contributed by atoms with Crippen LogP contribution >= 0.6 is 7.82 Å². The summed E-state index contributed by atoms with van der Waals surface area (Å²) in [7, 11) is 1.47. The van der Waals surface area contributed by atoms with Crippen LogP contribution in [-0.4, -0.2) is 74.9 Å². The molecule has 0 saturated heterocycles. The Labute approximate surface area is 450 Å². The molecule has 73 heavy (non-hydrogen) atoms. The van der Waals surface area contributed by atoms with Gasteiger partial charge < -0.3 is 18.9 Å². The number of phosphoric ester groups is 1. The first-order valence-corrected chi connectivity index (χ1v) is 31.3. The maximum absolute atomic E-state index is 12.8. The van der Waals surface area contributed by atoms with Crippen molar-refractivity contribution in [1.82, 2.24) is 0 Å². The van der Waals surface area contributed by atoms with Crippen LogP contribution in [0.5, 0.6) is 0 Å². The van der Waals surface area contributed by atoms with Gasteiger partial charge in [-0.3, -0.25) is 18.6 Å². The number of carbonyl (C=O) groups excluding carboxylic acids is 2. The summed E-state index contributed by atoms with van der Waals surface area (Å²) >= 11 is 0. The third kappa shape index (κ3) is 58.3. The lowest BCUT2D eigenvalue weighted by atomic mass is 10.0. The summed E-state index contributed by atoms with van der Waals surface area (Å²) in [5.41, 5.74) is 0. The van der Waals surface area contributed by atoms with Crippen molar-refractivity contribution >= 4 is 19.8 Å². The van der Waals surface area contributed by atoms with Gasteiger partial charge in [0.15, 0.2) is 6.10 Å². The lowest BCUT2D eigenvalue weighted by molar-refractivity contribution is -0.870. The highest BCUT2D eigenvalue weighted by molar-refractivity contribution is 7.47. The number of rotatable bonds is 54. The molecule has 0 aromatic rings. The molecule has 0 radical (unpaired) electrons. The molecule has 9 nitrogen and oxygen atoms in total. The van der Waals surface area contributed by atoms with Crippen molar-refractivity contribution in [1.29, 1.82) is 0 Å². The van der Waals surface area contributed by atoms with Crippen molar-refractivity contribution < 1.29 is 42.1 Å². The van der Waals surface area contributed by atoms with Crippen LogP contribution in [0.2, 0.25) is 0 Å². The minimum Gasteiger partial charge on any atom is -0.462 e. The Kier molecular flexibility index (Phi) is 51.9. The van der Waals surface area contributed by atoms with Gasteiger partial charge in [0.1, 0.15) is 19.8 Å². The average Bonchev–Trinajstić information content (AvgIpc) is 3.35. The molecule has 0 bridgehead atoms. The van der Waals surface area contributed by atoms with Gasteiger partial charge in [-0.2, -0.15) is 0 Å². The molecule has 0 spiro atoms. The van der Waals surface area contributed by atoms with Crippen LogP contribution in [0.15, 0.2) is 85.1 Å². The van der Waals surface area contributed by atoms with Gasteiger partial charge in [0.25, 0.3) is 0 Å². The Morgan fingerprint density at radius 3 is 1.18 bits per heavy atom. The van der Waals surface area contributed by atoms with E-state index in [0.29, 0.717) is 17.4 Å². The number of esters is 2. The van der Waals surface area contributed by atoms with Crippen molar-refractivity contribution in [3.8, 4) is 0 Å². The van der Waals surface area contributed by atoms with Crippen LogP contribution in [0.4, 0.5) is 0 Å². The topological polar surface area (TPSA) is 108 Å². The highest BCUT2D eigenvalue weighted by Crippen LogP contribution is 2.43. The monoisotopic (exact) mass is 1040 g/mol. The zero-order chi connectivity index (χ0) is 53.5. The van der Waals surface area contributed by atoms with Gasteiger partial charge in [-0.1, -0.05) is 234 Å². The van der Waals surface area contributed by atoms with Crippen molar-refractivity contribution in [2.45, 2.75) is 258 Å². The number of ether oxygens (including phenoxy) is 2. The van der Waals surface area contributed by atoms with Crippen molar-refractivity contribution in [3.05, 3.63) is 85.1 Å². The van der Waals surface area contributed by atoms with Gasteiger partial charge in [-0.05, 0) is 89.9 Å². The largest absolute Gasteiger partial charge is 0.472 e. The molecule has 0 aliphatic carbocycles. The molecule has 2 unspecified atom stereocenters. The molecule has 2 atom stereocenters. The van der Waals surface area contributed by atoms with Crippen LogP contribution in [0.3, 0.4) is 0 Å². The molecule has 0 aromatic carbocycles. The summed E-state index contributed by atoms with van der Waals surface area (Å²) in [6, 6.07) is 0. The predicted octanol–water partition coefficient (Wildman–Crippen LogP) is 18.6. The molecule has 0 heterocycles. The van der Waals surface area contributed by atoms with E-state index in [4.69, 9.17) is 18.5 Å². The number of nitrogens with zero attached hydrogens (tertiary/aromatic N) is 1.